The van der Waals surface area contributed by atoms with E-state index in [4.69, 9.17) is 4.74 Å². The van der Waals surface area contributed by atoms with E-state index in [1.807, 2.05) is 0 Å². The zero-order valence-electron chi connectivity index (χ0n) is 9.53. The Morgan fingerprint density at radius 1 is 1.00 bits per heavy atom. The standard InChI is InChI=1S/C12H12N2O3/c1-13-9-10(12(16)11(9)15)14-7-3-5-8(17-2)6-4-7/h3-6,13-14H,1-2H3. The fourth-order valence-corrected chi connectivity index (χ4v) is 1.57. The highest BCUT2D eigenvalue weighted by Gasteiger charge is 2.19. The minimum Gasteiger partial charge on any atom is -0.497 e. The van der Waals surface area contributed by atoms with Gasteiger partial charge in [-0.15, -0.1) is 0 Å². The third-order valence-corrected chi connectivity index (χ3v) is 2.52. The van der Waals surface area contributed by atoms with Crippen molar-refractivity contribution >= 4 is 17.1 Å². The highest BCUT2D eigenvalue weighted by molar-refractivity contribution is 5.78. The van der Waals surface area contributed by atoms with Gasteiger partial charge in [0, 0.05) is 12.7 Å². The number of nitrogens with one attached hydrogen (secondary N) is 2. The summed E-state index contributed by atoms with van der Waals surface area (Å²) in [5.41, 5.74) is 0.386. The average Bonchev–Trinajstić information content (AvgIpc) is 2.38. The fraction of sp³-hybridized carbons (Fsp3) is 0.167. The minimum absolute atomic E-state index is 0.308. The van der Waals surface area contributed by atoms with Crippen LogP contribution in [0.5, 0.6) is 5.75 Å². The number of hydrogen-bond acceptors (Lipinski definition) is 5. The van der Waals surface area contributed by atoms with Crippen molar-refractivity contribution in [2.24, 2.45) is 0 Å². The minimum atomic E-state index is -0.495. The summed E-state index contributed by atoms with van der Waals surface area (Å²) in [5.74, 6) is 0.731. The van der Waals surface area contributed by atoms with Gasteiger partial charge in [0.1, 0.15) is 17.1 Å². The van der Waals surface area contributed by atoms with Gasteiger partial charge in [0.05, 0.1) is 7.11 Å². The molecule has 0 amide bonds. The topological polar surface area (TPSA) is 67.4 Å². The van der Waals surface area contributed by atoms with Crippen molar-refractivity contribution in [3.05, 3.63) is 44.7 Å². The maximum absolute atomic E-state index is 11.3. The summed E-state index contributed by atoms with van der Waals surface area (Å²) in [7, 11) is 3.19. The van der Waals surface area contributed by atoms with Crippen molar-refractivity contribution in [3.63, 3.8) is 0 Å². The van der Waals surface area contributed by atoms with E-state index >= 15 is 0 Å². The zero-order chi connectivity index (χ0) is 12.4. The lowest BCUT2D eigenvalue weighted by Gasteiger charge is -2.12. The quantitative estimate of drug-likeness (QED) is 0.772. The Kier molecular flexibility index (Phi) is 2.82. The van der Waals surface area contributed by atoms with E-state index in [9.17, 15) is 9.59 Å². The van der Waals surface area contributed by atoms with Gasteiger partial charge in [-0.2, -0.15) is 0 Å². The summed E-state index contributed by atoms with van der Waals surface area (Å²) >= 11 is 0. The maximum atomic E-state index is 11.3. The van der Waals surface area contributed by atoms with Crippen LogP contribution in [0.15, 0.2) is 33.9 Å². The average molecular weight is 232 g/mol. The van der Waals surface area contributed by atoms with Gasteiger partial charge in [-0.3, -0.25) is 9.59 Å². The van der Waals surface area contributed by atoms with Crippen molar-refractivity contribution < 1.29 is 4.74 Å². The predicted molar refractivity (Wildman–Crippen MR) is 67.2 cm³/mol. The lowest BCUT2D eigenvalue weighted by Crippen LogP contribution is -2.35. The first-order valence-electron chi connectivity index (χ1n) is 5.09. The normalized spacial score (nSPS) is 10.2. The molecule has 2 aromatic carbocycles. The lowest BCUT2D eigenvalue weighted by atomic mass is 10.2. The molecule has 5 heteroatoms. The molecule has 0 spiro atoms. The summed E-state index contributed by atoms with van der Waals surface area (Å²) in [6.07, 6.45) is 0. The van der Waals surface area contributed by atoms with Crippen molar-refractivity contribution in [2.45, 2.75) is 0 Å². The van der Waals surface area contributed by atoms with Crippen LogP contribution in [0.4, 0.5) is 17.1 Å². The molecule has 0 atom stereocenters. The smallest absolute Gasteiger partial charge is 0.253 e. The van der Waals surface area contributed by atoms with Crippen LogP contribution in [-0.2, 0) is 0 Å². The van der Waals surface area contributed by atoms with Crippen LogP contribution < -0.4 is 26.2 Å². The van der Waals surface area contributed by atoms with Crippen molar-refractivity contribution in [2.75, 3.05) is 24.8 Å². The first-order chi connectivity index (χ1) is 8.17. The van der Waals surface area contributed by atoms with Gasteiger partial charge in [-0.1, -0.05) is 0 Å². The number of benzene rings is 1. The number of methoxy groups -OCH3 is 1. The van der Waals surface area contributed by atoms with Gasteiger partial charge in [0.2, 0.25) is 0 Å². The molecule has 0 aromatic heterocycles. The van der Waals surface area contributed by atoms with Gasteiger partial charge < -0.3 is 15.4 Å². The Bertz CT molecular complexity index is 595. The lowest BCUT2D eigenvalue weighted by molar-refractivity contribution is 0.415. The third-order valence-electron chi connectivity index (χ3n) is 2.52. The molecule has 0 heterocycles. The molecule has 5 nitrogen and oxygen atoms in total. The molecule has 2 rings (SSSR count). The molecule has 0 aliphatic rings. The molecule has 0 saturated carbocycles. The second-order valence-electron chi connectivity index (χ2n) is 3.51. The highest BCUT2D eigenvalue weighted by Crippen LogP contribution is 2.22. The van der Waals surface area contributed by atoms with Crippen LogP contribution in [0.3, 0.4) is 0 Å². The molecular formula is C12H12N2O3. The van der Waals surface area contributed by atoms with E-state index in [2.05, 4.69) is 10.6 Å². The Balaban J connectivity index is 2.23. The van der Waals surface area contributed by atoms with Crippen LogP contribution in [0.2, 0.25) is 0 Å². The summed E-state index contributed by atoms with van der Waals surface area (Å²) in [5, 5.41) is 5.60. The van der Waals surface area contributed by atoms with Gasteiger partial charge in [0.15, 0.2) is 0 Å². The summed E-state index contributed by atoms with van der Waals surface area (Å²) < 4.78 is 5.02. The summed E-state index contributed by atoms with van der Waals surface area (Å²) in [6, 6.07) is 7.09. The number of anilines is 3. The van der Waals surface area contributed by atoms with E-state index in [0.29, 0.717) is 11.4 Å². The Morgan fingerprint density at radius 3 is 2.12 bits per heavy atom. The molecule has 2 N–H and O–H groups in total. The molecule has 0 aliphatic heterocycles. The molecule has 0 unspecified atom stereocenters. The van der Waals surface area contributed by atoms with Gasteiger partial charge in [-0.25, -0.2) is 0 Å². The van der Waals surface area contributed by atoms with E-state index in [0.717, 1.165) is 11.4 Å². The molecule has 17 heavy (non-hydrogen) atoms. The number of hydrogen-bond donors (Lipinski definition) is 2. The first kappa shape index (κ1) is 11.2. The molecule has 0 radical (unpaired) electrons. The van der Waals surface area contributed by atoms with Crippen LogP contribution >= 0.6 is 0 Å². The van der Waals surface area contributed by atoms with Gasteiger partial charge in [-0.05, 0) is 24.3 Å². The van der Waals surface area contributed by atoms with Crippen LogP contribution in [0, 0.1) is 0 Å². The number of ether oxygens (including phenoxy) is 1. The second kappa shape index (κ2) is 4.29. The first-order valence-corrected chi connectivity index (χ1v) is 5.09. The molecule has 0 bridgehead atoms. The van der Waals surface area contributed by atoms with Crippen LogP contribution in [0.1, 0.15) is 0 Å². The molecular weight excluding hydrogens is 220 g/mol. The molecule has 0 saturated heterocycles. The van der Waals surface area contributed by atoms with Crippen molar-refractivity contribution in [3.8, 4) is 5.75 Å². The SMILES string of the molecule is CNc1c(Nc2ccc(OC)cc2)c(=O)c1=O. The largest absolute Gasteiger partial charge is 0.497 e. The van der Waals surface area contributed by atoms with E-state index < -0.39 is 10.9 Å². The van der Waals surface area contributed by atoms with Gasteiger partial charge in [0.25, 0.3) is 10.9 Å². The Labute approximate surface area is 97.7 Å². The van der Waals surface area contributed by atoms with E-state index in [1.165, 1.54) is 0 Å². The van der Waals surface area contributed by atoms with Gasteiger partial charge >= 0.3 is 0 Å². The van der Waals surface area contributed by atoms with E-state index in [-0.39, 0.29) is 0 Å². The monoisotopic (exact) mass is 232 g/mol. The van der Waals surface area contributed by atoms with Crippen LogP contribution in [-0.4, -0.2) is 14.2 Å². The van der Waals surface area contributed by atoms with E-state index in [1.54, 1.807) is 38.4 Å². The molecule has 0 fully saturated rings. The maximum Gasteiger partial charge on any atom is 0.253 e. The predicted octanol–water partition coefficient (Wildman–Crippen LogP) is 1.08. The molecule has 2 aromatic rings. The number of rotatable bonds is 4. The van der Waals surface area contributed by atoms with Crippen LogP contribution in [0.25, 0.3) is 0 Å². The van der Waals surface area contributed by atoms with Crippen molar-refractivity contribution in [1.82, 2.24) is 0 Å². The Morgan fingerprint density at radius 2 is 1.59 bits per heavy atom. The highest BCUT2D eigenvalue weighted by atomic mass is 16.5. The summed E-state index contributed by atoms with van der Waals surface area (Å²) in [6.45, 7) is 0. The molecule has 0 aliphatic carbocycles. The third kappa shape index (κ3) is 1.87. The fourth-order valence-electron chi connectivity index (χ4n) is 1.57. The summed E-state index contributed by atoms with van der Waals surface area (Å²) in [4.78, 5) is 22.5. The van der Waals surface area contributed by atoms with Crippen molar-refractivity contribution in [1.29, 1.82) is 0 Å². The second-order valence-corrected chi connectivity index (χ2v) is 3.51. The zero-order valence-corrected chi connectivity index (χ0v) is 9.53. The molecule has 88 valence electrons. The Hall–Kier alpha value is -2.30.